The molecular weight excluding hydrogens is 419 g/mol. The lowest BCUT2D eigenvalue weighted by Crippen LogP contribution is -2.40. The topological polar surface area (TPSA) is 40.5 Å². The van der Waals surface area contributed by atoms with Crippen LogP contribution in [-0.2, 0) is 6.42 Å². The lowest BCUT2D eigenvalue weighted by molar-refractivity contribution is 0.455. The number of allylic oxidation sites excluding steroid dienone is 1. The van der Waals surface area contributed by atoms with E-state index in [1.807, 2.05) is 13.1 Å². The first-order chi connectivity index (χ1) is 10.6. The first-order valence-electron chi connectivity index (χ1n) is 8.04. The molecule has 0 aromatic carbocycles. The van der Waals surface area contributed by atoms with Crippen molar-refractivity contribution in [3.05, 3.63) is 28.2 Å². The fourth-order valence-corrected chi connectivity index (χ4v) is 3.33. The number of aliphatic imine (C=N–C) groups is 1. The zero-order valence-electron chi connectivity index (χ0n) is 14.9. The number of rotatable bonds is 9. The third-order valence-electron chi connectivity index (χ3n) is 3.61. The first-order valence-corrected chi connectivity index (χ1v) is 8.85. The van der Waals surface area contributed by atoms with Gasteiger partial charge in [-0.15, -0.1) is 41.9 Å². The average molecular weight is 450 g/mol. The van der Waals surface area contributed by atoms with Gasteiger partial charge in [-0.25, -0.2) is 4.98 Å². The molecule has 1 aromatic rings. The molecule has 0 atom stereocenters. The number of nitrogens with zero attached hydrogens (tertiary/aromatic N) is 3. The summed E-state index contributed by atoms with van der Waals surface area (Å²) in [6.07, 6.45) is 7.78. The zero-order chi connectivity index (χ0) is 16.4. The standard InChI is InChI=1S/C17H30N4S.HI/c1-6-7-8-9-10-13-21(5)17(18-4)19-12-11-16-14(2)20-15(3)22-16;/h6H,1,7-13H2,2-5H3,(H,18,19);1H. The number of nitrogens with one attached hydrogen (secondary N) is 1. The lowest BCUT2D eigenvalue weighted by atomic mass is 10.2. The number of unbranched alkanes of at least 4 members (excludes halogenated alkanes) is 3. The van der Waals surface area contributed by atoms with Gasteiger partial charge in [0.25, 0.3) is 0 Å². The molecule has 1 rings (SSSR count). The van der Waals surface area contributed by atoms with E-state index in [0.717, 1.165) is 42.6 Å². The van der Waals surface area contributed by atoms with Crippen LogP contribution >= 0.6 is 35.3 Å². The smallest absolute Gasteiger partial charge is 0.193 e. The summed E-state index contributed by atoms with van der Waals surface area (Å²) in [6, 6.07) is 0. The van der Waals surface area contributed by atoms with E-state index < -0.39 is 0 Å². The van der Waals surface area contributed by atoms with Crippen LogP contribution in [0.3, 0.4) is 0 Å². The van der Waals surface area contributed by atoms with Crippen molar-refractivity contribution in [2.24, 2.45) is 4.99 Å². The highest BCUT2D eigenvalue weighted by Crippen LogP contribution is 2.17. The van der Waals surface area contributed by atoms with Gasteiger partial charge in [-0.3, -0.25) is 4.99 Å². The molecule has 1 heterocycles. The summed E-state index contributed by atoms with van der Waals surface area (Å²) in [5.74, 6) is 0.975. The molecule has 0 aliphatic rings. The van der Waals surface area contributed by atoms with Crippen molar-refractivity contribution in [1.82, 2.24) is 15.2 Å². The van der Waals surface area contributed by atoms with Gasteiger partial charge in [0, 0.05) is 38.5 Å². The van der Waals surface area contributed by atoms with Crippen LogP contribution in [0, 0.1) is 13.8 Å². The van der Waals surface area contributed by atoms with Crippen molar-refractivity contribution >= 4 is 41.3 Å². The van der Waals surface area contributed by atoms with Gasteiger partial charge in [-0.2, -0.15) is 0 Å². The predicted molar refractivity (Wildman–Crippen MR) is 113 cm³/mol. The molecule has 6 heteroatoms. The summed E-state index contributed by atoms with van der Waals surface area (Å²) in [7, 11) is 3.95. The Morgan fingerprint density at radius 1 is 1.35 bits per heavy atom. The van der Waals surface area contributed by atoms with Crippen LogP contribution in [0.1, 0.15) is 41.3 Å². The van der Waals surface area contributed by atoms with Gasteiger partial charge < -0.3 is 10.2 Å². The number of thiazole rings is 1. The molecule has 0 fully saturated rings. The predicted octanol–water partition coefficient (Wildman–Crippen LogP) is 4.17. The molecule has 1 aromatic heterocycles. The van der Waals surface area contributed by atoms with E-state index in [2.05, 4.69) is 47.7 Å². The number of hydrogen-bond donors (Lipinski definition) is 1. The van der Waals surface area contributed by atoms with Gasteiger partial charge in [0.15, 0.2) is 5.96 Å². The third kappa shape index (κ3) is 8.69. The molecule has 0 amide bonds. The van der Waals surface area contributed by atoms with Gasteiger partial charge in [0.2, 0.25) is 0 Å². The van der Waals surface area contributed by atoms with Crippen LogP contribution in [0.2, 0.25) is 0 Å². The second-order valence-corrected chi connectivity index (χ2v) is 6.81. The van der Waals surface area contributed by atoms with E-state index in [1.54, 1.807) is 11.3 Å². The van der Waals surface area contributed by atoms with Crippen molar-refractivity contribution in [3.63, 3.8) is 0 Å². The summed E-state index contributed by atoms with van der Waals surface area (Å²) < 4.78 is 0. The Morgan fingerprint density at radius 2 is 2.09 bits per heavy atom. The normalized spacial score (nSPS) is 11.0. The zero-order valence-corrected chi connectivity index (χ0v) is 18.0. The minimum absolute atomic E-state index is 0. The van der Waals surface area contributed by atoms with Gasteiger partial charge in [-0.05, 0) is 33.1 Å². The number of aromatic nitrogens is 1. The number of aryl methyl sites for hydroxylation is 2. The maximum Gasteiger partial charge on any atom is 0.193 e. The van der Waals surface area contributed by atoms with E-state index in [-0.39, 0.29) is 24.0 Å². The minimum Gasteiger partial charge on any atom is -0.356 e. The molecule has 0 spiro atoms. The highest BCUT2D eigenvalue weighted by molar-refractivity contribution is 14.0. The maximum absolute atomic E-state index is 4.47. The molecule has 0 radical (unpaired) electrons. The SMILES string of the molecule is C=CCCCCCN(C)C(=NC)NCCc1sc(C)nc1C.I. The Labute approximate surface area is 162 Å². The lowest BCUT2D eigenvalue weighted by Gasteiger charge is -2.22. The van der Waals surface area contributed by atoms with Crippen molar-refractivity contribution < 1.29 is 0 Å². The quantitative estimate of drug-likeness (QED) is 0.202. The fraction of sp³-hybridized carbons (Fsp3) is 0.647. The minimum atomic E-state index is 0. The van der Waals surface area contributed by atoms with Crippen molar-refractivity contribution in [1.29, 1.82) is 0 Å². The summed E-state index contributed by atoms with van der Waals surface area (Å²) in [5.41, 5.74) is 1.16. The Balaban J connectivity index is 0.00000484. The van der Waals surface area contributed by atoms with Crippen LogP contribution < -0.4 is 5.32 Å². The van der Waals surface area contributed by atoms with Gasteiger partial charge in [0.05, 0.1) is 10.7 Å². The molecule has 0 aliphatic heterocycles. The number of halogens is 1. The molecule has 23 heavy (non-hydrogen) atoms. The van der Waals surface area contributed by atoms with Crippen LogP contribution in [0.25, 0.3) is 0 Å². The van der Waals surface area contributed by atoms with E-state index in [0.29, 0.717) is 0 Å². The Morgan fingerprint density at radius 3 is 2.65 bits per heavy atom. The van der Waals surface area contributed by atoms with E-state index >= 15 is 0 Å². The average Bonchev–Trinajstić information content (AvgIpc) is 2.81. The van der Waals surface area contributed by atoms with Crippen LogP contribution in [0.4, 0.5) is 0 Å². The third-order valence-corrected chi connectivity index (χ3v) is 4.74. The molecule has 1 N–H and O–H groups in total. The summed E-state index contributed by atoms with van der Waals surface area (Å²) in [4.78, 5) is 12.4. The second-order valence-electron chi connectivity index (χ2n) is 5.53. The molecule has 0 saturated carbocycles. The van der Waals surface area contributed by atoms with Crippen LogP contribution in [0.5, 0.6) is 0 Å². The summed E-state index contributed by atoms with van der Waals surface area (Å²) in [6.45, 7) is 9.84. The monoisotopic (exact) mass is 450 g/mol. The van der Waals surface area contributed by atoms with Gasteiger partial charge in [0.1, 0.15) is 0 Å². The Hall–Kier alpha value is -0.630. The summed E-state index contributed by atoms with van der Waals surface area (Å²) in [5, 5.41) is 4.59. The van der Waals surface area contributed by atoms with Crippen LogP contribution in [0.15, 0.2) is 17.6 Å². The number of hydrogen-bond acceptors (Lipinski definition) is 3. The highest BCUT2D eigenvalue weighted by Gasteiger charge is 2.07. The molecule has 0 aliphatic carbocycles. The molecule has 0 unspecified atom stereocenters. The second kappa shape index (κ2) is 12.8. The van der Waals surface area contributed by atoms with E-state index in [4.69, 9.17) is 0 Å². The van der Waals surface area contributed by atoms with Crippen molar-refractivity contribution in [3.8, 4) is 0 Å². The maximum atomic E-state index is 4.47. The van der Waals surface area contributed by atoms with E-state index in [9.17, 15) is 0 Å². The Bertz CT molecular complexity index is 485. The first kappa shape index (κ1) is 22.4. The molecular formula is C17H31IN4S. The number of guanidine groups is 1. The molecule has 4 nitrogen and oxygen atoms in total. The van der Waals surface area contributed by atoms with Crippen molar-refractivity contribution in [2.45, 2.75) is 46.0 Å². The van der Waals surface area contributed by atoms with E-state index in [1.165, 1.54) is 24.1 Å². The largest absolute Gasteiger partial charge is 0.356 e. The molecule has 132 valence electrons. The summed E-state index contributed by atoms with van der Waals surface area (Å²) >= 11 is 1.79. The Kier molecular flexibility index (Phi) is 12.4. The highest BCUT2D eigenvalue weighted by atomic mass is 127. The van der Waals surface area contributed by atoms with Gasteiger partial charge >= 0.3 is 0 Å². The van der Waals surface area contributed by atoms with Gasteiger partial charge in [-0.1, -0.05) is 12.5 Å². The molecule has 0 saturated heterocycles. The fourth-order valence-electron chi connectivity index (χ4n) is 2.40. The van der Waals surface area contributed by atoms with Crippen LogP contribution in [-0.4, -0.2) is 43.0 Å². The van der Waals surface area contributed by atoms with Crippen molar-refractivity contribution in [2.75, 3.05) is 27.2 Å². The molecule has 0 bridgehead atoms.